The Bertz CT molecular complexity index is 1040. The van der Waals surface area contributed by atoms with Gasteiger partial charge in [-0.1, -0.05) is 72.8 Å². The number of carbonyl (C=O) groups is 1. The van der Waals surface area contributed by atoms with E-state index in [4.69, 9.17) is 4.55 Å². The molecule has 0 aliphatic rings. The van der Waals surface area contributed by atoms with Gasteiger partial charge in [-0.05, 0) is 28.8 Å². The number of carbonyl (C=O) groups excluding carboxylic acids is 1. The zero-order valence-electron chi connectivity index (χ0n) is 14.9. The van der Waals surface area contributed by atoms with E-state index in [0.717, 1.165) is 16.7 Å². The molecule has 0 saturated carbocycles. The van der Waals surface area contributed by atoms with E-state index in [2.05, 4.69) is 4.74 Å². The summed E-state index contributed by atoms with van der Waals surface area (Å²) in [5, 5.41) is -5.05. The molecule has 150 valence electrons. The van der Waals surface area contributed by atoms with Gasteiger partial charge in [-0.15, -0.1) is 0 Å². The lowest BCUT2D eigenvalue weighted by Gasteiger charge is -2.19. The summed E-state index contributed by atoms with van der Waals surface area (Å²) < 4.78 is 60.9. The van der Waals surface area contributed by atoms with Gasteiger partial charge in [-0.3, -0.25) is 4.55 Å². The minimum absolute atomic E-state index is 0.151. The lowest BCUT2D eigenvalue weighted by Crippen LogP contribution is -2.40. The maximum absolute atomic E-state index is 13.3. The van der Waals surface area contributed by atoms with E-state index in [1.807, 2.05) is 60.7 Å². The van der Waals surface area contributed by atoms with Crippen LogP contribution in [0.1, 0.15) is 22.6 Å². The van der Waals surface area contributed by atoms with E-state index in [0.29, 0.717) is 0 Å². The summed E-state index contributed by atoms with van der Waals surface area (Å²) in [6.07, 6.45) is 0. The molecular formula is C21H16F2O5S. The van der Waals surface area contributed by atoms with Crippen LogP contribution in [0.2, 0.25) is 0 Å². The fourth-order valence-electron chi connectivity index (χ4n) is 2.87. The molecule has 0 aromatic heterocycles. The summed E-state index contributed by atoms with van der Waals surface area (Å²) in [7, 11) is -5.92. The fraction of sp³-hybridized carbons (Fsp3) is 0.0952. The number of hydrogen-bond acceptors (Lipinski definition) is 4. The van der Waals surface area contributed by atoms with Crippen LogP contribution in [0, 0.1) is 0 Å². The molecule has 3 rings (SSSR count). The molecule has 8 heteroatoms. The Labute approximate surface area is 166 Å². The summed E-state index contributed by atoms with van der Waals surface area (Å²) in [6, 6.07) is 25.0. The minimum Gasteiger partial charge on any atom is -0.421 e. The molecule has 3 aromatic rings. The quantitative estimate of drug-likeness (QED) is 0.280. The predicted molar refractivity (Wildman–Crippen MR) is 102 cm³/mol. The van der Waals surface area contributed by atoms with Crippen LogP contribution in [0.5, 0.6) is 5.75 Å². The molecule has 0 spiro atoms. The molecule has 1 N–H and O–H groups in total. The Morgan fingerprint density at radius 1 is 0.793 bits per heavy atom. The van der Waals surface area contributed by atoms with E-state index >= 15 is 0 Å². The normalized spacial score (nSPS) is 12.0. The SMILES string of the molecule is O=C(Oc1ccc(C(c2ccccc2)c2ccccc2)cc1)C(F)(F)S(=O)(=O)O. The molecule has 0 radical (unpaired) electrons. The smallest absolute Gasteiger partial charge is 0.421 e. The Kier molecular flexibility index (Phi) is 5.76. The van der Waals surface area contributed by atoms with Crippen molar-refractivity contribution >= 4 is 16.1 Å². The van der Waals surface area contributed by atoms with Crippen molar-refractivity contribution in [2.45, 2.75) is 11.2 Å². The number of alkyl halides is 2. The third-order valence-electron chi connectivity index (χ3n) is 4.25. The first kappa shape index (κ1) is 20.6. The summed E-state index contributed by atoms with van der Waals surface area (Å²) in [6.45, 7) is 0. The average Bonchev–Trinajstić information content (AvgIpc) is 2.70. The van der Waals surface area contributed by atoms with Crippen LogP contribution in [0.15, 0.2) is 84.9 Å². The number of halogens is 2. The van der Waals surface area contributed by atoms with Gasteiger partial charge in [0.25, 0.3) is 0 Å². The molecule has 5 nitrogen and oxygen atoms in total. The molecule has 0 amide bonds. The largest absolute Gasteiger partial charge is 0.466 e. The Morgan fingerprint density at radius 2 is 1.21 bits per heavy atom. The second-order valence-electron chi connectivity index (χ2n) is 6.20. The molecule has 0 aliphatic heterocycles. The van der Waals surface area contributed by atoms with Crippen molar-refractivity contribution < 1.29 is 31.3 Å². The summed E-state index contributed by atoms with van der Waals surface area (Å²) in [4.78, 5) is 11.4. The molecule has 0 bridgehead atoms. The molecule has 0 aliphatic carbocycles. The maximum Gasteiger partial charge on any atom is 0.466 e. The van der Waals surface area contributed by atoms with Crippen LogP contribution in [0.25, 0.3) is 0 Å². The first-order valence-electron chi connectivity index (χ1n) is 8.47. The van der Waals surface area contributed by atoms with Crippen LogP contribution in [0.3, 0.4) is 0 Å². The predicted octanol–water partition coefficient (Wildman–Crippen LogP) is 4.25. The Morgan fingerprint density at radius 3 is 1.62 bits per heavy atom. The molecule has 0 heterocycles. The third kappa shape index (κ3) is 4.49. The molecule has 3 aromatic carbocycles. The highest BCUT2D eigenvalue weighted by atomic mass is 32.2. The zero-order valence-corrected chi connectivity index (χ0v) is 15.7. The highest BCUT2D eigenvalue weighted by Gasteiger charge is 2.54. The first-order chi connectivity index (χ1) is 13.7. The van der Waals surface area contributed by atoms with Gasteiger partial charge in [0.15, 0.2) is 0 Å². The first-order valence-corrected chi connectivity index (χ1v) is 9.91. The lowest BCUT2D eigenvalue weighted by atomic mass is 9.85. The van der Waals surface area contributed by atoms with E-state index < -0.39 is 21.3 Å². The van der Waals surface area contributed by atoms with Gasteiger partial charge in [0, 0.05) is 5.92 Å². The van der Waals surface area contributed by atoms with Crippen molar-refractivity contribution in [1.29, 1.82) is 0 Å². The fourth-order valence-corrected chi connectivity index (χ4v) is 3.12. The second kappa shape index (κ2) is 8.10. The molecule has 0 unspecified atom stereocenters. The standard InChI is InChI=1S/C21H16F2O5S/c22-21(23,29(25,26)27)20(24)28-18-13-11-17(12-14-18)19(15-7-3-1-4-8-15)16-9-5-2-6-10-16/h1-14,19H,(H,25,26,27). The number of hydrogen-bond donors (Lipinski definition) is 1. The third-order valence-corrected chi connectivity index (χ3v) is 5.07. The van der Waals surface area contributed by atoms with Gasteiger partial charge in [0.2, 0.25) is 0 Å². The number of rotatable bonds is 6. The number of benzene rings is 3. The highest BCUT2D eigenvalue weighted by molar-refractivity contribution is 7.87. The van der Waals surface area contributed by atoms with Crippen molar-refractivity contribution in [2.24, 2.45) is 0 Å². The van der Waals surface area contributed by atoms with Crippen LogP contribution in [-0.4, -0.2) is 24.2 Å². The summed E-state index contributed by atoms with van der Waals surface area (Å²) >= 11 is 0. The Hall–Kier alpha value is -3.10. The number of esters is 1. The number of ether oxygens (including phenoxy) is 1. The van der Waals surface area contributed by atoms with Gasteiger partial charge in [0.05, 0.1) is 0 Å². The van der Waals surface area contributed by atoms with E-state index in [1.54, 1.807) is 12.1 Å². The van der Waals surface area contributed by atoms with Crippen molar-refractivity contribution in [2.75, 3.05) is 0 Å². The topological polar surface area (TPSA) is 80.7 Å². The van der Waals surface area contributed by atoms with Crippen LogP contribution in [-0.2, 0) is 14.9 Å². The monoisotopic (exact) mass is 418 g/mol. The van der Waals surface area contributed by atoms with E-state index in [9.17, 15) is 22.0 Å². The molecule has 0 saturated heterocycles. The zero-order chi connectivity index (χ0) is 21.1. The van der Waals surface area contributed by atoms with E-state index in [-0.39, 0.29) is 11.7 Å². The highest BCUT2D eigenvalue weighted by Crippen LogP contribution is 2.33. The van der Waals surface area contributed by atoms with Gasteiger partial charge in [-0.2, -0.15) is 17.2 Å². The molecule has 0 atom stereocenters. The van der Waals surface area contributed by atoms with Crippen molar-refractivity contribution in [3.8, 4) is 5.75 Å². The van der Waals surface area contributed by atoms with Crippen LogP contribution < -0.4 is 4.74 Å². The van der Waals surface area contributed by atoms with Crippen molar-refractivity contribution in [3.63, 3.8) is 0 Å². The van der Waals surface area contributed by atoms with Crippen LogP contribution >= 0.6 is 0 Å². The molecular weight excluding hydrogens is 402 g/mol. The van der Waals surface area contributed by atoms with Crippen molar-refractivity contribution in [1.82, 2.24) is 0 Å². The van der Waals surface area contributed by atoms with Crippen LogP contribution in [0.4, 0.5) is 8.78 Å². The van der Waals surface area contributed by atoms with E-state index in [1.165, 1.54) is 12.1 Å². The molecule has 0 fully saturated rings. The van der Waals surface area contributed by atoms with Gasteiger partial charge in [0.1, 0.15) is 5.75 Å². The van der Waals surface area contributed by atoms with Crippen molar-refractivity contribution in [3.05, 3.63) is 102 Å². The average molecular weight is 418 g/mol. The maximum atomic E-state index is 13.3. The second-order valence-corrected chi connectivity index (χ2v) is 7.67. The minimum atomic E-state index is -5.92. The summed E-state index contributed by atoms with van der Waals surface area (Å²) in [5.74, 6) is -2.81. The van der Waals surface area contributed by atoms with Gasteiger partial charge >= 0.3 is 21.3 Å². The van der Waals surface area contributed by atoms with Gasteiger partial charge in [-0.25, -0.2) is 4.79 Å². The lowest BCUT2D eigenvalue weighted by molar-refractivity contribution is -0.151. The summed E-state index contributed by atoms with van der Waals surface area (Å²) in [5.41, 5.74) is 2.81. The molecule has 29 heavy (non-hydrogen) atoms. The Balaban J connectivity index is 1.90. The van der Waals surface area contributed by atoms with Gasteiger partial charge < -0.3 is 4.74 Å².